The average molecular weight is 347 g/mol. The summed E-state index contributed by atoms with van der Waals surface area (Å²) < 4.78 is 5.39. The molecule has 0 saturated heterocycles. The lowest BCUT2D eigenvalue weighted by Gasteiger charge is -2.11. The Balaban J connectivity index is 3.28. The first-order chi connectivity index (χ1) is 9.98. The molecule has 0 fully saturated rings. The van der Waals surface area contributed by atoms with E-state index in [1.54, 1.807) is 18.2 Å². The van der Waals surface area contributed by atoms with Crippen LogP contribution in [0, 0.1) is 39.9 Å². The summed E-state index contributed by atoms with van der Waals surface area (Å²) in [4.78, 5) is 0. The Bertz CT molecular complexity index is 681. The molecule has 0 bridgehead atoms. The van der Waals surface area contributed by atoms with Gasteiger partial charge in [0.05, 0.1) is 35.8 Å². The second-order valence-electron chi connectivity index (χ2n) is 4.03. The molecule has 0 saturated carbocycles. The van der Waals surface area contributed by atoms with Gasteiger partial charge in [0, 0.05) is 5.57 Å². The topological polar surface area (TPSA) is 127 Å². The van der Waals surface area contributed by atoms with Crippen LogP contribution in [-0.2, 0) is 0 Å². The predicted molar refractivity (Wildman–Crippen MR) is 78.6 cm³/mol. The van der Waals surface area contributed by atoms with E-state index >= 15 is 0 Å². The van der Waals surface area contributed by atoms with Crippen molar-refractivity contribution in [2.24, 2.45) is 11.7 Å². The molecule has 0 spiro atoms. The minimum absolute atomic E-state index is 0.0654. The van der Waals surface area contributed by atoms with Gasteiger partial charge in [0.25, 0.3) is 0 Å². The fourth-order valence-electron chi connectivity index (χ4n) is 1.58. The third kappa shape index (κ3) is 3.73. The van der Waals surface area contributed by atoms with Crippen molar-refractivity contribution in [1.82, 2.24) is 0 Å². The lowest BCUT2D eigenvalue weighted by atomic mass is 9.95. The second kappa shape index (κ2) is 7.31. The molecule has 0 amide bonds. The molecule has 7 heteroatoms. The minimum Gasteiger partial charge on any atom is -0.503 e. The van der Waals surface area contributed by atoms with Gasteiger partial charge >= 0.3 is 0 Å². The van der Waals surface area contributed by atoms with Crippen molar-refractivity contribution in [3.05, 3.63) is 27.7 Å². The molecular weight excluding hydrogens is 336 g/mol. The maximum Gasteiger partial charge on any atom is 0.172 e. The summed E-state index contributed by atoms with van der Waals surface area (Å²) in [6, 6.07) is 7.44. The number of hydrogen-bond acceptors (Lipinski definition) is 6. The van der Waals surface area contributed by atoms with Gasteiger partial charge in [0.1, 0.15) is 0 Å². The highest BCUT2D eigenvalue weighted by Gasteiger charge is 2.21. The highest BCUT2D eigenvalue weighted by atomic mass is 79.9. The summed E-state index contributed by atoms with van der Waals surface area (Å²) in [5, 5.41) is 36.5. The number of ether oxygens (including phenoxy) is 1. The maximum absolute atomic E-state index is 9.72. The molecule has 0 aliphatic carbocycles. The minimum atomic E-state index is -1.11. The Kier molecular flexibility index (Phi) is 5.75. The standard InChI is InChI=1S/C14H11BrN4O2/c1-21-12-4-8(3-11(15)14(12)20)2-9(5-16)13(19)10(6-17)7-18/h2-4,10,13,20H,19H2,1H3/b9-2+. The molecule has 1 aromatic rings. The van der Waals surface area contributed by atoms with E-state index in [2.05, 4.69) is 15.9 Å². The molecule has 1 aromatic carbocycles. The molecule has 0 aliphatic rings. The van der Waals surface area contributed by atoms with Crippen molar-refractivity contribution < 1.29 is 9.84 Å². The number of rotatable bonds is 4. The van der Waals surface area contributed by atoms with E-state index in [0.29, 0.717) is 10.0 Å². The van der Waals surface area contributed by atoms with E-state index in [1.165, 1.54) is 19.3 Å². The van der Waals surface area contributed by atoms with Crippen molar-refractivity contribution in [3.63, 3.8) is 0 Å². The van der Waals surface area contributed by atoms with Gasteiger partial charge in [-0.1, -0.05) is 0 Å². The highest BCUT2D eigenvalue weighted by Crippen LogP contribution is 2.35. The summed E-state index contributed by atoms with van der Waals surface area (Å²) in [7, 11) is 1.40. The van der Waals surface area contributed by atoms with Crippen LogP contribution in [0.5, 0.6) is 11.5 Å². The zero-order valence-corrected chi connectivity index (χ0v) is 12.6. The first-order valence-electron chi connectivity index (χ1n) is 5.71. The van der Waals surface area contributed by atoms with Crippen LogP contribution in [0.2, 0.25) is 0 Å². The Hall–Kier alpha value is -2.53. The van der Waals surface area contributed by atoms with Gasteiger partial charge < -0.3 is 15.6 Å². The van der Waals surface area contributed by atoms with E-state index < -0.39 is 12.0 Å². The number of phenolic OH excluding ortho intramolecular Hbond substituents is 1. The molecule has 106 valence electrons. The van der Waals surface area contributed by atoms with E-state index in [9.17, 15) is 5.11 Å². The molecule has 1 atom stereocenters. The largest absolute Gasteiger partial charge is 0.503 e. The third-order valence-corrected chi connectivity index (χ3v) is 3.32. The summed E-state index contributed by atoms with van der Waals surface area (Å²) in [6.07, 6.45) is 1.44. The van der Waals surface area contributed by atoms with Crippen LogP contribution in [0.4, 0.5) is 0 Å². The number of nitrogens with two attached hydrogens (primary N) is 1. The summed E-state index contributed by atoms with van der Waals surface area (Å²) in [6.45, 7) is 0. The van der Waals surface area contributed by atoms with E-state index in [0.717, 1.165) is 0 Å². The van der Waals surface area contributed by atoms with Crippen molar-refractivity contribution >= 4 is 22.0 Å². The average Bonchev–Trinajstić information content (AvgIpc) is 2.49. The van der Waals surface area contributed by atoms with Crippen LogP contribution in [0.25, 0.3) is 6.08 Å². The molecule has 3 N–H and O–H groups in total. The van der Waals surface area contributed by atoms with Crippen molar-refractivity contribution in [1.29, 1.82) is 15.8 Å². The Morgan fingerprint density at radius 2 is 2.00 bits per heavy atom. The predicted octanol–water partition coefficient (Wildman–Crippen LogP) is 2.06. The number of phenols is 1. The molecule has 0 heterocycles. The smallest absolute Gasteiger partial charge is 0.172 e. The summed E-state index contributed by atoms with van der Waals surface area (Å²) in [5.74, 6) is -0.957. The quantitative estimate of drug-likeness (QED) is 0.803. The van der Waals surface area contributed by atoms with Crippen molar-refractivity contribution in [2.45, 2.75) is 6.04 Å². The van der Waals surface area contributed by atoms with E-state index in [4.69, 9.17) is 26.3 Å². The lowest BCUT2D eigenvalue weighted by molar-refractivity contribution is 0.372. The first kappa shape index (κ1) is 16.5. The number of benzene rings is 1. The van der Waals surface area contributed by atoms with Crippen molar-refractivity contribution in [2.75, 3.05) is 7.11 Å². The third-order valence-electron chi connectivity index (χ3n) is 2.72. The summed E-state index contributed by atoms with van der Waals surface area (Å²) in [5.41, 5.74) is 6.38. The normalized spacial score (nSPS) is 12.1. The number of hydrogen-bond donors (Lipinski definition) is 2. The van der Waals surface area contributed by atoms with E-state index in [-0.39, 0.29) is 17.1 Å². The molecule has 0 radical (unpaired) electrons. The van der Waals surface area contributed by atoms with Crippen LogP contribution >= 0.6 is 15.9 Å². The second-order valence-corrected chi connectivity index (χ2v) is 4.88. The monoisotopic (exact) mass is 346 g/mol. The molecule has 6 nitrogen and oxygen atoms in total. The molecule has 1 unspecified atom stereocenters. The first-order valence-corrected chi connectivity index (χ1v) is 6.50. The van der Waals surface area contributed by atoms with Gasteiger partial charge in [-0.25, -0.2) is 0 Å². The molecular formula is C14H11BrN4O2. The lowest BCUT2D eigenvalue weighted by Crippen LogP contribution is -2.29. The fraction of sp³-hybridized carbons (Fsp3) is 0.214. The zero-order chi connectivity index (χ0) is 16.0. The van der Waals surface area contributed by atoms with Gasteiger partial charge in [-0.05, 0) is 39.7 Å². The van der Waals surface area contributed by atoms with Gasteiger partial charge in [0.2, 0.25) is 0 Å². The number of nitrogens with zero attached hydrogens (tertiary/aromatic N) is 3. The molecule has 0 aromatic heterocycles. The molecule has 21 heavy (non-hydrogen) atoms. The van der Waals surface area contributed by atoms with Gasteiger partial charge in [0.15, 0.2) is 17.4 Å². The molecule has 1 rings (SSSR count). The molecule has 0 aliphatic heterocycles. The SMILES string of the molecule is COc1cc(/C=C(\C#N)C(N)C(C#N)C#N)cc(Br)c1O. The highest BCUT2D eigenvalue weighted by molar-refractivity contribution is 9.10. The van der Waals surface area contributed by atoms with E-state index in [1.807, 2.05) is 6.07 Å². The number of halogens is 1. The Morgan fingerprint density at radius 1 is 1.38 bits per heavy atom. The van der Waals surface area contributed by atoms with Gasteiger partial charge in [-0.3, -0.25) is 0 Å². The van der Waals surface area contributed by atoms with Crippen LogP contribution < -0.4 is 10.5 Å². The number of aromatic hydroxyl groups is 1. The van der Waals surface area contributed by atoms with Crippen LogP contribution in [0.1, 0.15) is 5.56 Å². The van der Waals surface area contributed by atoms with Gasteiger partial charge in [-0.2, -0.15) is 15.8 Å². The zero-order valence-electron chi connectivity index (χ0n) is 11.0. The maximum atomic E-state index is 9.72. The summed E-state index contributed by atoms with van der Waals surface area (Å²) >= 11 is 3.16. The Labute approximate surface area is 130 Å². The number of methoxy groups -OCH3 is 1. The van der Waals surface area contributed by atoms with Crippen molar-refractivity contribution in [3.8, 4) is 29.7 Å². The fourth-order valence-corrected chi connectivity index (χ4v) is 2.04. The van der Waals surface area contributed by atoms with Crippen LogP contribution in [-0.4, -0.2) is 18.3 Å². The number of nitriles is 3. The van der Waals surface area contributed by atoms with Crippen LogP contribution in [0.15, 0.2) is 22.2 Å². The van der Waals surface area contributed by atoms with Gasteiger partial charge in [-0.15, -0.1) is 0 Å². The van der Waals surface area contributed by atoms with Crippen LogP contribution in [0.3, 0.4) is 0 Å². The Morgan fingerprint density at radius 3 is 2.48 bits per heavy atom.